The minimum absolute atomic E-state index is 0.0110. The van der Waals surface area contributed by atoms with Crippen LogP contribution in [0.5, 0.6) is 0 Å². The van der Waals surface area contributed by atoms with Crippen molar-refractivity contribution in [3.05, 3.63) is 0 Å². The number of hydrogen-bond donors (Lipinski definition) is 1. The number of nitrogens with zero attached hydrogens (tertiary/aromatic N) is 1. The highest BCUT2D eigenvalue weighted by atomic mass is 19.4. The van der Waals surface area contributed by atoms with Gasteiger partial charge in [0.15, 0.2) is 0 Å². The lowest BCUT2D eigenvalue weighted by molar-refractivity contribution is -0.133. The van der Waals surface area contributed by atoms with Gasteiger partial charge in [-0.05, 0) is 31.6 Å². The van der Waals surface area contributed by atoms with E-state index in [1.165, 1.54) is 0 Å². The quantitative estimate of drug-likeness (QED) is 0.811. The minimum atomic E-state index is -4.06. The van der Waals surface area contributed by atoms with Crippen molar-refractivity contribution in [2.24, 2.45) is 5.92 Å². The molecule has 1 fully saturated rings. The van der Waals surface area contributed by atoms with Crippen LogP contribution in [-0.2, 0) is 0 Å². The highest BCUT2D eigenvalue weighted by Gasteiger charge is 2.27. The lowest BCUT2D eigenvalue weighted by Crippen LogP contribution is -2.35. The number of hydrogen-bond acceptors (Lipinski definition) is 2. The van der Waals surface area contributed by atoms with Gasteiger partial charge < -0.3 is 5.32 Å². The van der Waals surface area contributed by atoms with Crippen molar-refractivity contribution >= 4 is 0 Å². The normalized spacial score (nSPS) is 26.4. The first-order valence-electron chi connectivity index (χ1n) is 5.68. The number of alkyl halides is 3. The van der Waals surface area contributed by atoms with Crippen LogP contribution in [0, 0.1) is 17.2 Å². The fourth-order valence-electron chi connectivity index (χ4n) is 2.12. The highest BCUT2D eigenvalue weighted by Crippen LogP contribution is 2.26. The van der Waals surface area contributed by atoms with Crippen LogP contribution in [0.3, 0.4) is 0 Å². The maximum Gasteiger partial charge on any atom is 0.390 e. The first-order valence-corrected chi connectivity index (χ1v) is 5.68. The Balaban J connectivity index is 2.11. The Morgan fingerprint density at radius 3 is 2.31 bits per heavy atom. The molecule has 0 amide bonds. The highest BCUT2D eigenvalue weighted by molar-refractivity contribution is 4.83. The number of nitriles is 1. The van der Waals surface area contributed by atoms with E-state index in [0.29, 0.717) is 12.3 Å². The van der Waals surface area contributed by atoms with E-state index in [1.807, 2.05) is 0 Å². The molecule has 5 heteroatoms. The third-order valence-electron chi connectivity index (χ3n) is 3.07. The number of halogens is 3. The molecule has 1 aliphatic rings. The van der Waals surface area contributed by atoms with Crippen molar-refractivity contribution in [3.63, 3.8) is 0 Å². The van der Waals surface area contributed by atoms with Crippen LogP contribution in [0.15, 0.2) is 0 Å². The molecule has 0 spiro atoms. The van der Waals surface area contributed by atoms with Gasteiger partial charge >= 0.3 is 6.18 Å². The predicted molar refractivity (Wildman–Crippen MR) is 54.7 cm³/mol. The van der Waals surface area contributed by atoms with Gasteiger partial charge in [-0.3, -0.25) is 0 Å². The molecule has 1 rings (SSSR count). The number of rotatable bonds is 4. The van der Waals surface area contributed by atoms with Gasteiger partial charge in [0.2, 0.25) is 0 Å². The van der Waals surface area contributed by atoms with E-state index < -0.39 is 12.6 Å². The Hall–Kier alpha value is -0.760. The number of nitrogens with one attached hydrogen (secondary N) is 1. The molecule has 16 heavy (non-hydrogen) atoms. The van der Waals surface area contributed by atoms with E-state index in [4.69, 9.17) is 5.26 Å². The molecule has 92 valence electrons. The summed E-state index contributed by atoms with van der Waals surface area (Å²) in [6, 6.07) is 2.35. The average Bonchev–Trinajstić information content (AvgIpc) is 2.19. The Morgan fingerprint density at radius 2 is 1.81 bits per heavy atom. The van der Waals surface area contributed by atoms with E-state index in [9.17, 15) is 13.2 Å². The summed E-state index contributed by atoms with van der Waals surface area (Å²) in [5, 5.41) is 11.5. The SMILES string of the molecule is N#CC[C@H]1CC[C@H](NCCC(F)(F)F)CC1. The van der Waals surface area contributed by atoms with Crippen LogP contribution in [0.1, 0.15) is 38.5 Å². The second-order valence-corrected chi connectivity index (χ2v) is 4.40. The molecular formula is C11H17F3N2. The zero-order chi connectivity index (χ0) is 12.0. The maximum absolute atomic E-state index is 11.9. The van der Waals surface area contributed by atoms with Crippen molar-refractivity contribution in [1.82, 2.24) is 5.32 Å². The summed E-state index contributed by atoms with van der Waals surface area (Å²) < 4.78 is 35.7. The summed E-state index contributed by atoms with van der Waals surface area (Å²) in [5.41, 5.74) is 0. The monoisotopic (exact) mass is 234 g/mol. The van der Waals surface area contributed by atoms with Crippen LogP contribution in [0.25, 0.3) is 0 Å². The van der Waals surface area contributed by atoms with Gasteiger partial charge in [0, 0.05) is 19.0 Å². The van der Waals surface area contributed by atoms with Crippen molar-refractivity contribution in [1.29, 1.82) is 5.26 Å². The van der Waals surface area contributed by atoms with E-state index in [0.717, 1.165) is 25.7 Å². The molecule has 0 atom stereocenters. The molecule has 0 aromatic heterocycles. The molecule has 0 heterocycles. The van der Waals surface area contributed by atoms with Crippen molar-refractivity contribution < 1.29 is 13.2 Å². The predicted octanol–water partition coefficient (Wildman–Crippen LogP) is 3.00. The average molecular weight is 234 g/mol. The molecule has 0 unspecified atom stereocenters. The van der Waals surface area contributed by atoms with Crippen LogP contribution in [0.2, 0.25) is 0 Å². The zero-order valence-corrected chi connectivity index (χ0v) is 9.19. The molecule has 1 aliphatic carbocycles. The summed E-state index contributed by atoms with van der Waals surface area (Å²) in [7, 11) is 0. The summed E-state index contributed by atoms with van der Waals surface area (Å²) in [6.45, 7) is 0.0110. The van der Waals surface area contributed by atoms with Crippen LogP contribution in [0.4, 0.5) is 13.2 Å². The van der Waals surface area contributed by atoms with E-state index in [1.54, 1.807) is 0 Å². The first-order chi connectivity index (χ1) is 7.51. The molecule has 2 nitrogen and oxygen atoms in total. The second kappa shape index (κ2) is 6.09. The van der Waals surface area contributed by atoms with E-state index in [2.05, 4.69) is 11.4 Å². The molecular weight excluding hydrogens is 217 g/mol. The Bertz CT molecular complexity index is 237. The molecule has 0 radical (unpaired) electrons. The maximum atomic E-state index is 11.9. The molecule has 0 bridgehead atoms. The van der Waals surface area contributed by atoms with Gasteiger partial charge in [0.1, 0.15) is 0 Å². The third kappa shape index (κ3) is 5.36. The molecule has 1 saturated carbocycles. The summed E-state index contributed by atoms with van der Waals surface area (Å²) in [6.07, 6.45) is -0.547. The summed E-state index contributed by atoms with van der Waals surface area (Å²) >= 11 is 0. The van der Waals surface area contributed by atoms with Crippen LogP contribution in [-0.4, -0.2) is 18.8 Å². The van der Waals surface area contributed by atoms with Gasteiger partial charge in [-0.15, -0.1) is 0 Å². The van der Waals surface area contributed by atoms with Gasteiger partial charge in [-0.25, -0.2) is 0 Å². The van der Waals surface area contributed by atoms with Gasteiger partial charge in [0.25, 0.3) is 0 Å². The Morgan fingerprint density at radius 1 is 1.19 bits per heavy atom. The van der Waals surface area contributed by atoms with Crippen LogP contribution < -0.4 is 5.32 Å². The topological polar surface area (TPSA) is 35.8 Å². The van der Waals surface area contributed by atoms with Gasteiger partial charge in [0.05, 0.1) is 12.5 Å². The molecule has 0 aromatic carbocycles. The largest absolute Gasteiger partial charge is 0.390 e. The molecule has 0 aromatic rings. The standard InChI is InChI=1S/C11H17F3N2/c12-11(13,14)6-8-16-10-3-1-9(2-4-10)5-7-15/h9-10,16H,1-6,8H2/t9-,10-. The van der Waals surface area contributed by atoms with Crippen molar-refractivity contribution in [3.8, 4) is 6.07 Å². The summed E-state index contributed by atoms with van der Waals surface area (Å²) in [4.78, 5) is 0. The second-order valence-electron chi connectivity index (χ2n) is 4.40. The minimum Gasteiger partial charge on any atom is -0.314 e. The fourth-order valence-corrected chi connectivity index (χ4v) is 2.12. The van der Waals surface area contributed by atoms with E-state index >= 15 is 0 Å². The Kier molecular flexibility index (Phi) is 5.07. The molecule has 0 saturated heterocycles. The van der Waals surface area contributed by atoms with Crippen molar-refractivity contribution in [2.45, 2.75) is 50.7 Å². The van der Waals surface area contributed by atoms with E-state index in [-0.39, 0.29) is 12.6 Å². The third-order valence-corrected chi connectivity index (χ3v) is 3.07. The first kappa shape index (κ1) is 13.3. The fraction of sp³-hybridized carbons (Fsp3) is 0.909. The van der Waals surface area contributed by atoms with Gasteiger partial charge in [-0.1, -0.05) is 0 Å². The lowest BCUT2D eigenvalue weighted by Gasteiger charge is -2.28. The molecule has 0 aliphatic heterocycles. The summed E-state index contributed by atoms with van der Waals surface area (Å²) in [5.74, 6) is 0.450. The zero-order valence-electron chi connectivity index (χ0n) is 9.19. The smallest absolute Gasteiger partial charge is 0.314 e. The molecule has 1 N–H and O–H groups in total. The lowest BCUT2D eigenvalue weighted by atomic mass is 9.84. The van der Waals surface area contributed by atoms with Gasteiger partial charge in [-0.2, -0.15) is 18.4 Å². The van der Waals surface area contributed by atoms with Crippen molar-refractivity contribution in [2.75, 3.05) is 6.54 Å². The van der Waals surface area contributed by atoms with Crippen LogP contribution >= 0.6 is 0 Å². The Labute approximate surface area is 93.8 Å².